The third kappa shape index (κ3) is 3.33. The minimum absolute atomic E-state index is 0.00625. The third-order valence-corrected chi connectivity index (χ3v) is 5.76. The van der Waals surface area contributed by atoms with Crippen molar-refractivity contribution in [2.24, 2.45) is 5.92 Å². The maximum Gasteiger partial charge on any atom is 0.195 e. The van der Waals surface area contributed by atoms with Crippen LogP contribution in [0.1, 0.15) is 44.1 Å². The summed E-state index contributed by atoms with van der Waals surface area (Å²) >= 11 is 0. The first-order valence-electron chi connectivity index (χ1n) is 9.31. The van der Waals surface area contributed by atoms with Gasteiger partial charge in [-0.25, -0.2) is 17.6 Å². The van der Waals surface area contributed by atoms with Gasteiger partial charge in [0, 0.05) is 0 Å². The summed E-state index contributed by atoms with van der Waals surface area (Å²) in [6, 6.07) is 11.4. The summed E-state index contributed by atoms with van der Waals surface area (Å²) < 4.78 is 55.2. The maximum atomic E-state index is 14.4. The number of fused-ring (bicyclic) bond motifs is 1. The molecule has 0 atom stereocenters. The second-order valence-electron chi connectivity index (χ2n) is 7.62. The molecular weight excluding hydrogens is 352 g/mol. The summed E-state index contributed by atoms with van der Waals surface area (Å²) in [5.74, 6) is -4.03. The summed E-state index contributed by atoms with van der Waals surface area (Å²) in [6.07, 6.45) is 4.82. The average Bonchev–Trinajstić information content (AvgIpc) is 2.66. The topological polar surface area (TPSA) is 0 Å². The lowest BCUT2D eigenvalue weighted by atomic mass is 9.79. The lowest BCUT2D eigenvalue weighted by Crippen LogP contribution is -2.10. The van der Waals surface area contributed by atoms with E-state index in [2.05, 4.69) is 6.92 Å². The highest BCUT2D eigenvalue weighted by atomic mass is 19.2. The fourth-order valence-corrected chi connectivity index (χ4v) is 4.10. The zero-order chi connectivity index (χ0) is 19.1. The van der Waals surface area contributed by atoms with Gasteiger partial charge in [-0.1, -0.05) is 44.0 Å². The molecule has 4 heteroatoms. The normalized spacial score (nSPS) is 20.2. The van der Waals surface area contributed by atoms with Crippen molar-refractivity contribution in [3.8, 4) is 11.1 Å². The summed E-state index contributed by atoms with van der Waals surface area (Å²) in [4.78, 5) is 0. The van der Waals surface area contributed by atoms with Gasteiger partial charge >= 0.3 is 0 Å². The second-order valence-corrected chi connectivity index (χ2v) is 7.62. The van der Waals surface area contributed by atoms with E-state index in [0.717, 1.165) is 17.5 Å². The van der Waals surface area contributed by atoms with Gasteiger partial charge in [0.1, 0.15) is 5.82 Å². The smallest absolute Gasteiger partial charge is 0.195 e. The van der Waals surface area contributed by atoms with Gasteiger partial charge in [0.15, 0.2) is 17.5 Å². The molecule has 0 N–H and O–H groups in total. The molecule has 1 fully saturated rings. The molecule has 0 aromatic heterocycles. The van der Waals surface area contributed by atoms with E-state index >= 15 is 0 Å². The zero-order valence-electron chi connectivity index (χ0n) is 15.0. The Balaban J connectivity index is 1.69. The predicted octanol–water partition coefficient (Wildman–Crippen LogP) is 7.36. The average molecular weight is 372 g/mol. The molecule has 0 saturated heterocycles. The van der Waals surface area contributed by atoms with E-state index in [1.807, 2.05) is 24.3 Å². The largest absolute Gasteiger partial charge is 0.206 e. The molecule has 4 rings (SSSR count). The number of halogens is 4. The molecule has 0 nitrogen and oxygen atoms in total. The minimum Gasteiger partial charge on any atom is -0.206 e. The highest BCUT2D eigenvalue weighted by molar-refractivity contribution is 5.88. The van der Waals surface area contributed by atoms with Crippen molar-refractivity contribution in [1.82, 2.24) is 0 Å². The van der Waals surface area contributed by atoms with Gasteiger partial charge in [0.2, 0.25) is 0 Å². The summed E-state index contributed by atoms with van der Waals surface area (Å²) in [6.45, 7) is 2.28. The summed E-state index contributed by atoms with van der Waals surface area (Å²) in [5.41, 5.74) is 2.54. The van der Waals surface area contributed by atoms with Crippen LogP contribution in [0.4, 0.5) is 17.6 Å². The zero-order valence-corrected chi connectivity index (χ0v) is 15.0. The molecule has 0 amide bonds. The standard InChI is InChI=1S/C23H20F4/c1-13-2-4-14(5-3-13)15-6-8-16(9-7-15)17-10-18-12-20(25)22(26)23(27)21(18)19(24)11-17/h6-14H,2-5H2,1H3. The Morgan fingerprint density at radius 1 is 0.704 bits per heavy atom. The molecular formula is C23H20F4. The van der Waals surface area contributed by atoms with Crippen molar-refractivity contribution < 1.29 is 17.6 Å². The van der Waals surface area contributed by atoms with Gasteiger partial charge < -0.3 is 0 Å². The monoisotopic (exact) mass is 372 g/mol. The van der Waals surface area contributed by atoms with E-state index in [4.69, 9.17) is 0 Å². The van der Waals surface area contributed by atoms with E-state index in [0.29, 0.717) is 11.5 Å². The SMILES string of the molecule is CC1CCC(c2ccc(-c3cc(F)c4c(F)c(F)c(F)cc4c3)cc2)CC1. The summed E-state index contributed by atoms with van der Waals surface area (Å²) in [5, 5.41) is -0.516. The molecule has 1 aliphatic carbocycles. The van der Waals surface area contributed by atoms with Crippen LogP contribution in [0.3, 0.4) is 0 Å². The number of hydrogen-bond acceptors (Lipinski definition) is 0. The van der Waals surface area contributed by atoms with Gasteiger partial charge in [-0.3, -0.25) is 0 Å². The third-order valence-electron chi connectivity index (χ3n) is 5.76. The molecule has 3 aromatic rings. The molecule has 0 unspecified atom stereocenters. The molecule has 27 heavy (non-hydrogen) atoms. The van der Waals surface area contributed by atoms with Crippen molar-refractivity contribution in [3.63, 3.8) is 0 Å². The molecule has 1 saturated carbocycles. The lowest BCUT2D eigenvalue weighted by molar-refractivity contribution is 0.348. The van der Waals surface area contributed by atoms with Crippen molar-refractivity contribution in [2.75, 3.05) is 0 Å². The van der Waals surface area contributed by atoms with Crippen LogP contribution in [0.2, 0.25) is 0 Å². The lowest BCUT2D eigenvalue weighted by Gasteiger charge is -2.26. The van der Waals surface area contributed by atoms with Crippen molar-refractivity contribution in [1.29, 1.82) is 0 Å². The molecule has 0 spiro atoms. The number of rotatable bonds is 2. The van der Waals surface area contributed by atoms with Crippen LogP contribution in [-0.2, 0) is 0 Å². The highest BCUT2D eigenvalue weighted by Gasteiger charge is 2.20. The second kappa shape index (κ2) is 6.99. The van der Waals surface area contributed by atoms with Crippen LogP contribution >= 0.6 is 0 Å². The van der Waals surface area contributed by atoms with Crippen molar-refractivity contribution in [2.45, 2.75) is 38.5 Å². The van der Waals surface area contributed by atoms with E-state index in [9.17, 15) is 17.6 Å². The quantitative estimate of drug-likeness (QED) is 0.326. The van der Waals surface area contributed by atoms with E-state index in [1.54, 1.807) is 0 Å². The van der Waals surface area contributed by atoms with Gasteiger partial charge in [0.25, 0.3) is 0 Å². The van der Waals surface area contributed by atoms with Gasteiger partial charge in [-0.15, -0.1) is 0 Å². The molecule has 0 aliphatic heterocycles. The van der Waals surface area contributed by atoms with Gasteiger partial charge in [0.05, 0.1) is 5.39 Å². The van der Waals surface area contributed by atoms with E-state index < -0.39 is 28.7 Å². The Kier molecular flexibility index (Phi) is 4.67. The molecule has 0 bridgehead atoms. The highest BCUT2D eigenvalue weighted by Crippen LogP contribution is 2.37. The maximum absolute atomic E-state index is 14.4. The first-order valence-corrected chi connectivity index (χ1v) is 9.31. The van der Waals surface area contributed by atoms with Crippen LogP contribution in [0, 0.1) is 29.2 Å². The molecule has 0 radical (unpaired) electrons. The summed E-state index contributed by atoms with van der Waals surface area (Å²) in [7, 11) is 0. The Hall–Kier alpha value is -2.36. The molecule has 0 heterocycles. The Labute approximate surface area is 155 Å². The fraction of sp³-hybridized carbons (Fsp3) is 0.304. The van der Waals surface area contributed by atoms with Gasteiger partial charge in [-0.05, 0) is 65.0 Å². The number of benzene rings is 3. The van der Waals surface area contributed by atoms with Crippen molar-refractivity contribution >= 4 is 10.8 Å². The molecule has 140 valence electrons. The van der Waals surface area contributed by atoms with E-state index in [1.165, 1.54) is 43.4 Å². The van der Waals surface area contributed by atoms with Crippen LogP contribution in [0.25, 0.3) is 21.9 Å². The van der Waals surface area contributed by atoms with E-state index in [-0.39, 0.29) is 5.39 Å². The first kappa shape index (κ1) is 18.0. The predicted molar refractivity (Wildman–Crippen MR) is 99.6 cm³/mol. The molecule has 3 aromatic carbocycles. The fourth-order valence-electron chi connectivity index (χ4n) is 4.10. The van der Waals surface area contributed by atoms with Crippen LogP contribution in [0.5, 0.6) is 0 Å². The van der Waals surface area contributed by atoms with Crippen LogP contribution < -0.4 is 0 Å². The Morgan fingerprint density at radius 3 is 2.04 bits per heavy atom. The Morgan fingerprint density at radius 2 is 1.37 bits per heavy atom. The number of hydrogen-bond donors (Lipinski definition) is 0. The minimum atomic E-state index is -1.65. The van der Waals surface area contributed by atoms with Crippen LogP contribution in [0.15, 0.2) is 42.5 Å². The van der Waals surface area contributed by atoms with Crippen molar-refractivity contribution in [3.05, 3.63) is 71.3 Å². The molecule has 1 aliphatic rings. The van der Waals surface area contributed by atoms with Crippen LogP contribution in [-0.4, -0.2) is 0 Å². The Bertz CT molecular complexity index is 984. The first-order chi connectivity index (χ1) is 12.9. The van der Waals surface area contributed by atoms with Gasteiger partial charge in [-0.2, -0.15) is 0 Å².